The molecule has 2 aromatic rings. The molecule has 0 spiro atoms. The molecule has 0 aliphatic heterocycles. The van der Waals surface area contributed by atoms with E-state index in [0.717, 1.165) is 11.1 Å². The normalized spacial score (nSPS) is 12.6. The molecule has 17 heavy (non-hydrogen) atoms. The van der Waals surface area contributed by atoms with Gasteiger partial charge in [-0.2, -0.15) is 0 Å². The largest absolute Gasteiger partial charge is 0.469 e. The third kappa shape index (κ3) is 2.45. The Labute approximate surface area is 98.8 Å². The molecule has 1 unspecified atom stereocenters. The summed E-state index contributed by atoms with van der Waals surface area (Å²) in [5, 5.41) is 3.08. The van der Waals surface area contributed by atoms with Crippen molar-refractivity contribution >= 4 is 17.1 Å². The van der Waals surface area contributed by atoms with Gasteiger partial charge < -0.3 is 14.5 Å². The van der Waals surface area contributed by atoms with Gasteiger partial charge in [-0.3, -0.25) is 4.79 Å². The van der Waals surface area contributed by atoms with Crippen molar-refractivity contribution < 1.29 is 13.9 Å². The number of ether oxygens (including phenoxy) is 1. The zero-order valence-electron chi connectivity index (χ0n) is 9.77. The second-order valence-electron chi connectivity index (χ2n) is 3.70. The van der Waals surface area contributed by atoms with Gasteiger partial charge in [0, 0.05) is 6.04 Å². The van der Waals surface area contributed by atoms with Gasteiger partial charge in [-0.25, -0.2) is 4.98 Å². The first-order chi connectivity index (χ1) is 8.24. The quantitative estimate of drug-likeness (QED) is 0.815. The molecule has 0 amide bonds. The summed E-state index contributed by atoms with van der Waals surface area (Å²) in [7, 11) is 3.19. The maximum Gasteiger partial charge on any atom is 0.307 e. The van der Waals surface area contributed by atoms with Gasteiger partial charge in [0.05, 0.1) is 13.5 Å². The van der Waals surface area contributed by atoms with Crippen LogP contribution in [0, 0.1) is 0 Å². The fourth-order valence-corrected chi connectivity index (χ4v) is 1.73. The van der Waals surface area contributed by atoms with Gasteiger partial charge in [0.15, 0.2) is 12.0 Å². The highest BCUT2D eigenvalue weighted by Crippen LogP contribution is 2.21. The van der Waals surface area contributed by atoms with Crippen LogP contribution < -0.4 is 5.32 Å². The first kappa shape index (κ1) is 11.6. The molecule has 0 aliphatic carbocycles. The van der Waals surface area contributed by atoms with E-state index < -0.39 is 0 Å². The Kier molecular flexibility index (Phi) is 3.39. The molecule has 5 heteroatoms. The van der Waals surface area contributed by atoms with Crippen molar-refractivity contribution in [3.63, 3.8) is 0 Å². The summed E-state index contributed by atoms with van der Waals surface area (Å²) >= 11 is 0. The predicted molar refractivity (Wildman–Crippen MR) is 62.4 cm³/mol. The van der Waals surface area contributed by atoms with Crippen molar-refractivity contribution in [1.82, 2.24) is 10.3 Å². The minimum Gasteiger partial charge on any atom is -0.469 e. The number of rotatable bonds is 4. The molecule has 0 fully saturated rings. The van der Waals surface area contributed by atoms with Crippen LogP contribution in [0.3, 0.4) is 0 Å². The van der Waals surface area contributed by atoms with E-state index in [2.05, 4.69) is 15.0 Å². The molecule has 0 saturated carbocycles. The highest BCUT2D eigenvalue weighted by atomic mass is 16.5. The van der Waals surface area contributed by atoms with E-state index in [0.29, 0.717) is 5.58 Å². The van der Waals surface area contributed by atoms with Gasteiger partial charge in [0.2, 0.25) is 0 Å². The lowest BCUT2D eigenvalue weighted by atomic mass is 10.0. The Hall–Kier alpha value is -1.88. The van der Waals surface area contributed by atoms with E-state index in [4.69, 9.17) is 4.42 Å². The van der Waals surface area contributed by atoms with Crippen molar-refractivity contribution in [2.45, 2.75) is 12.5 Å². The topological polar surface area (TPSA) is 64.4 Å². The molecule has 0 radical (unpaired) electrons. The number of oxazole rings is 1. The van der Waals surface area contributed by atoms with E-state index in [9.17, 15) is 4.79 Å². The molecule has 0 aliphatic rings. The summed E-state index contributed by atoms with van der Waals surface area (Å²) in [6.45, 7) is 0. The van der Waals surface area contributed by atoms with Crippen LogP contribution in [-0.4, -0.2) is 25.1 Å². The first-order valence-electron chi connectivity index (χ1n) is 5.32. The molecule has 1 heterocycles. The maximum absolute atomic E-state index is 11.3. The van der Waals surface area contributed by atoms with E-state index in [1.807, 2.05) is 18.2 Å². The zero-order valence-corrected chi connectivity index (χ0v) is 9.77. The standard InChI is InChI=1S/C12H14N2O3/c1-13-10(6-12(15)16-2)8-3-4-9-11(5-8)17-7-14-9/h3-5,7,10,13H,6H2,1-2H3. The van der Waals surface area contributed by atoms with Crippen LogP contribution in [0.4, 0.5) is 0 Å². The van der Waals surface area contributed by atoms with Crippen LogP contribution in [0.1, 0.15) is 18.0 Å². The number of esters is 1. The van der Waals surface area contributed by atoms with Crippen LogP contribution in [0.2, 0.25) is 0 Å². The average molecular weight is 234 g/mol. The third-order valence-electron chi connectivity index (χ3n) is 2.70. The van der Waals surface area contributed by atoms with E-state index in [1.54, 1.807) is 7.05 Å². The van der Waals surface area contributed by atoms with Gasteiger partial charge >= 0.3 is 5.97 Å². The Morgan fingerprint density at radius 3 is 3.12 bits per heavy atom. The molecular formula is C12H14N2O3. The fourth-order valence-electron chi connectivity index (χ4n) is 1.73. The van der Waals surface area contributed by atoms with Crippen LogP contribution >= 0.6 is 0 Å². The van der Waals surface area contributed by atoms with Crippen molar-refractivity contribution in [3.8, 4) is 0 Å². The number of nitrogens with one attached hydrogen (secondary N) is 1. The van der Waals surface area contributed by atoms with Gasteiger partial charge in [-0.15, -0.1) is 0 Å². The first-order valence-corrected chi connectivity index (χ1v) is 5.32. The molecule has 5 nitrogen and oxygen atoms in total. The third-order valence-corrected chi connectivity index (χ3v) is 2.70. The lowest BCUT2D eigenvalue weighted by molar-refractivity contribution is -0.141. The lowest BCUT2D eigenvalue weighted by Crippen LogP contribution is -2.20. The van der Waals surface area contributed by atoms with Crippen LogP contribution in [0.25, 0.3) is 11.1 Å². The summed E-state index contributed by atoms with van der Waals surface area (Å²) in [5.41, 5.74) is 2.50. The molecule has 90 valence electrons. The molecule has 1 aromatic carbocycles. The number of fused-ring (bicyclic) bond motifs is 1. The highest BCUT2D eigenvalue weighted by Gasteiger charge is 2.15. The Bertz CT molecular complexity index is 521. The van der Waals surface area contributed by atoms with Gasteiger partial charge in [-0.1, -0.05) is 6.07 Å². The number of benzene rings is 1. The number of nitrogens with zero attached hydrogens (tertiary/aromatic N) is 1. The van der Waals surface area contributed by atoms with Crippen LogP contribution in [-0.2, 0) is 9.53 Å². The Balaban J connectivity index is 2.26. The monoisotopic (exact) mass is 234 g/mol. The zero-order chi connectivity index (χ0) is 12.3. The number of hydrogen-bond acceptors (Lipinski definition) is 5. The summed E-state index contributed by atoms with van der Waals surface area (Å²) in [6, 6.07) is 5.59. The van der Waals surface area contributed by atoms with Gasteiger partial charge in [0.25, 0.3) is 0 Å². The number of methoxy groups -OCH3 is 1. The Morgan fingerprint density at radius 1 is 1.59 bits per heavy atom. The number of carbonyl (C=O) groups is 1. The fraction of sp³-hybridized carbons (Fsp3) is 0.333. The van der Waals surface area contributed by atoms with Crippen LogP contribution in [0.15, 0.2) is 29.0 Å². The SMILES string of the molecule is CNC(CC(=O)OC)c1ccc2ncoc2c1. The lowest BCUT2D eigenvalue weighted by Gasteiger charge is -2.14. The number of carbonyl (C=O) groups excluding carboxylic acids is 1. The average Bonchev–Trinajstić information content (AvgIpc) is 2.82. The molecule has 2 rings (SSSR count). The molecular weight excluding hydrogens is 220 g/mol. The summed E-state index contributed by atoms with van der Waals surface area (Å²) in [6.07, 6.45) is 1.69. The van der Waals surface area contributed by atoms with Crippen molar-refractivity contribution in [1.29, 1.82) is 0 Å². The minimum atomic E-state index is -0.248. The Morgan fingerprint density at radius 2 is 2.41 bits per heavy atom. The number of hydrogen-bond donors (Lipinski definition) is 1. The summed E-state index contributed by atoms with van der Waals surface area (Å²) in [5.74, 6) is -0.248. The van der Waals surface area contributed by atoms with Crippen molar-refractivity contribution in [2.24, 2.45) is 0 Å². The van der Waals surface area contributed by atoms with Crippen LogP contribution in [0.5, 0.6) is 0 Å². The maximum atomic E-state index is 11.3. The van der Waals surface area contributed by atoms with E-state index in [-0.39, 0.29) is 18.4 Å². The second kappa shape index (κ2) is 4.97. The van der Waals surface area contributed by atoms with Crippen molar-refractivity contribution in [3.05, 3.63) is 30.2 Å². The summed E-state index contributed by atoms with van der Waals surface area (Å²) in [4.78, 5) is 15.3. The smallest absolute Gasteiger partial charge is 0.307 e. The van der Waals surface area contributed by atoms with E-state index in [1.165, 1.54) is 13.5 Å². The van der Waals surface area contributed by atoms with Gasteiger partial charge in [-0.05, 0) is 24.7 Å². The minimum absolute atomic E-state index is 0.0862. The second-order valence-corrected chi connectivity index (χ2v) is 3.70. The van der Waals surface area contributed by atoms with Crippen molar-refractivity contribution in [2.75, 3.05) is 14.2 Å². The molecule has 0 saturated heterocycles. The highest BCUT2D eigenvalue weighted by molar-refractivity contribution is 5.74. The summed E-state index contributed by atoms with van der Waals surface area (Å²) < 4.78 is 9.89. The number of aromatic nitrogens is 1. The molecule has 1 atom stereocenters. The van der Waals surface area contributed by atoms with E-state index >= 15 is 0 Å². The molecule has 0 bridgehead atoms. The van der Waals surface area contributed by atoms with Gasteiger partial charge in [0.1, 0.15) is 5.52 Å². The molecule has 1 aromatic heterocycles. The predicted octanol–water partition coefficient (Wildman–Crippen LogP) is 1.65. The molecule has 1 N–H and O–H groups in total.